The smallest absolute Gasteiger partial charge is 0.220 e. The van der Waals surface area contributed by atoms with Crippen LogP contribution in [0.4, 0.5) is 0 Å². The number of hydrogen-bond acceptors (Lipinski definition) is 3. The highest BCUT2D eigenvalue weighted by molar-refractivity contribution is 5.76. The highest BCUT2D eigenvalue weighted by Gasteiger charge is 2.11. The fourth-order valence-electron chi connectivity index (χ4n) is 1.79. The Balaban J connectivity index is 1.95. The maximum absolute atomic E-state index is 11.3. The van der Waals surface area contributed by atoms with Crippen LogP contribution in [0, 0.1) is 0 Å². The lowest BCUT2D eigenvalue weighted by Crippen LogP contribution is -2.22. The predicted octanol–water partition coefficient (Wildman–Crippen LogP) is 1.53. The molecular formula is C13H17NO3. The van der Waals surface area contributed by atoms with Crippen LogP contribution in [0.25, 0.3) is 0 Å². The number of aryl methyl sites for hydroxylation is 1. The Bertz CT molecular complexity index is 404. The quantitative estimate of drug-likeness (QED) is 0.860. The van der Waals surface area contributed by atoms with Gasteiger partial charge in [-0.25, -0.2) is 0 Å². The minimum Gasteiger partial charge on any atom is -0.486 e. The van der Waals surface area contributed by atoms with Gasteiger partial charge in [-0.1, -0.05) is 6.07 Å². The molecule has 17 heavy (non-hydrogen) atoms. The molecule has 2 rings (SSSR count). The van der Waals surface area contributed by atoms with Gasteiger partial charge in [0, 0.05) is 13.0 Å². The van der Waals surface area contributed by atoms with E-state index in [-0.39, 0.29) is 5.91 Å². The van der Waals surface area contributed by atoms with Crippen LogP contribution >= 0.6 is 0 Å². The van der Waals surface area contributed by atoms with Gasteiger partial charge in [-0.05, 0) is 31.0 Å². The van der Waals surface area contributed by atoms with Crippen LogP contribution in [-0.2, 0) is 11.2 Å². The molecule has 0 aromatic heterocycles. The number of rotatable bonds is 4. The van der Waals surface area contributed by atoms with Crippen molar-refractivity contribution in [2.24, 2.45) is 0 Å². The van der Waals surface area contributed by atoms with E-state index in [4.69, 9.17) is 9.47 Å². The molecule has 1 N–H and O–H groups in total. The first kappa shape index (κ1) is 11.8. The fourth-order valence-corrected chi connectivity index (χ4v) is 1.79. The van der Waals surface area contributed by atoms with Crippen LogP contribution in [0.5, 0.6) is 11.5 Å². The summed E-state index contributed by atoms with van der Waals surface area (Å²) in [5.41, 5.74) is 1.10. The van der Waals surface area contributed by atoms with Crippen molar-refractivity contribution >= 4 is 5.91 Å². The van der Waals surface area contributed by atoms with E-state index in [2.05, 4.69) is 5.32 Å². The van der Waals surface area contributed by atoms with E-state index in [1.54, 1.807) is 0 Å². The molecule has 1 heterocycles. The van der Waals surface area contributed by atoms with Crippen LogP contribution in [0.3, 0.4) is 0 Å². The van der Waals surface area contributed by atoms with Crippen molar-refractivity contribution < 1.29 is 14.3 Å². The number of hydrogen-bond donors (Lipinski definition) is 1. The van der Waals surface area contributed by atoms with Gasteiger partial charge in [0.2, 0.25) is 5.91 Å². The van der Waals surface area contributed by atoms with Gasteiger partial charge >= 0.3 is 0 Å². The molecule has 1 aromatic rings. The standard InChI is InChI=1S/C13H17NO3/c1-2-14-13(15)6-4-10-3-5-11-12(9-10)17-8-7-16-11/h3,5,9H,2,4,6-8H2,1H3,(H,14,15). The molecule has 92 valence electrons. The molecule has 1 aliphatic rings. The van der Waals surface area contributed by atoms with Gasteiger partial charge in [-0.15, -0.1) is 0 Å². The zero-order chi connectivity index (χ0) is 12.1. The molecule has 0 aliphatic carbocycles. The largest absolute Gasteiger partial charge is 0.486 e. The summed E-state index contributed by atoms with van der Waals surface area (Å²) in [5, 5.41) is 2.78. The van der Waals surface area contributed by atoms with Gasteiger partial charge in [0.15, 0.2) is 11.5 Å². The summed E-state index contributed by atoms with van der Waals surface area (Å²) < 4.78 is 10.9. The van der Waals surface area contributed by atoms with E-state index in [1.165, 1.54) is 0 Å². The summed E-state index contributed by atoms with van der Waals surface area (Å²) in [4.78, 5) is 11.3. The molecule has 0 radical (unpaired) electrons. The molecule has 0 saturated heterocycles. The normalized spacial score (nSPS) is 13.2. The van der Waals surface area contributed by atoms with Gasteiger partial charge in [0.05, 0.1) is 0 Å². The van der Waals surface area contributed by atoms with Crippen molar-refractivity contribution in [2.75, 3.05) is 19.8 Å². The molecule has 0 unspecified atom stereocenters. The van der Waals surface area contributed by atoms with Crippen LogP contribution in [-0.4, -0.2) is 25.7 Å². The molecule has 0 spiro atoms. The fraction of sp³-hybridized carbons (Fsp3) is 0.462. The number of amides is 1. The van der Waals surface area contributed by atoms with Crippen molar-refractivity contribution in [3.8, 4) is 11.5 Å². The summed E-state index contributed by atoms with van der Waals surface area (Å²) in [6.45, 7) is 3.79. The number of fused-ring (bicyclic) bond motifs is 1. The highest BCUT2D eigenvalue weighted by atomic mass is 16.6. The predicted molar refractivity (Wildman–Crippen MR) is 64.4 cm³/mol. The van der Waals surface area contributed by atoms with Crippen molar-refractivity contribution in [3.05, 3.63) is 23.8 Å². The summed E-state index contributed by atoms with van der Waals surface area (Å²) >= 11 is 0. The average molecular weight is 235 g/mol. The zero-order valence-electron chi connectivity index (χ0n) is 9.99. The first-order chi connectivity index (χ1) is 8.29. The topological polar surface area (TPSA) is 47.6 Å². The third kappa shape index (κ3) is 3.12. The van der Waals surface area contributed by atoms with Crippen molar-refractivity contribution in [1.82, 2.24) is 5.32 Å². The van der Waals surface area contributed by atoms with Crippen LogP contribution in [0.15, 0.2) is 18.2 Å². The Morgan fingerprint density at radius 2 is 2.06 bits per heavy atom. The first-order valence-corrected chi connectivity index (χ1v) is 5.95. The molecule has 1 aromatic carbocycles. The maximum Gasteiger partial charge on any atom is 0.220 e. The van der Waals surface area contributed by atoms with Gasteiger partial charge in [-0.3, -0.25) is 4.79 Å². The molecular weight excluding hydrogens is 218 g/mol. The Morgan fingerprint density at radius 3 is 2.82 bits per heavy atom. The molecule has 1 amide bonds. The molecule has 4 heteroatoms. The number of carbonyl (C=O) groups is 1. The van der Waals surface area contributed by atoms with Crippen LogP contribution < -0.4 is 14.8 Å². The Labute approximate surface area is 101 Å². The molecule has 4 nitrogen and oxygen atoms in total. The second kappa shape index (κ2) is 5.57. The average Bonchev–Trinajstić information content (AvgIpc) is 2.36. The van der Waals surface area contributed by atoms with Gasteiger partial charge in [-0.2, -0.15) is 0 Å². The lowest BCUT2D eigenvalue weighted by molar-refractivity contribution is -0.120. The van der Waals surface area contributed by atoms with E-state index in [9.17, 15) is 4.79 Å². The van der Waals surface area contributed by atoms with E-state index >= 15 is 0 Å². The third-order valence-corrected chi connectivity index (χ3v) is 2.62. The van der Waals surface area contributed by atoms with Gasteiger partial charge in [0.1, 0.15) is 13.2 Å². The Kier molecular flexibility index (Phi) is 3.85. The van der Waals surface area contributed by atoms with E-state index in [0.29, 0.717) is 26.2 Å². The minimum atomic E-state index is 0.0855. The molecule has 0 saturated carbocycles. The summed E-state index contributed by atoms with van der Waals surface area (Å²) in [6, 6.07) is 5.84. The third-order valence-electron chi connectivity index (χ3n) is 2.62. The maximum atomic E-state index is 11.3. The number of ether oxygens (including phenoxy) is 2. The molecule has 0 fully saturated rings. The number of benzene rings is 1. The monoisotopic (exact) mass is 235 g/mol. The second-order valence-corrected chi connectivity index (χ2v) is 3.93. The summed E-state index contributed by atoms with van der Waals surface area (Å²) in [6.07, 6.45) is 1.23. The van der Waals surface area contributed by atoms with Crippen molar-refractivity contribution in [1.29, 1.82) is 0 Å². The van der Waals surface area contributed by atoms with Gasteiger partial charge in [0.25, 0.3) is 0 Å². The lowest BCUT2D eigenvalue weighted by atomic mass is 10.1. The number of carbonyl (C=O) groups excluding carboxylic acids is 1. The zero-order valence-corrected chi connectivity index (χ0v) is 9.99. The summed E-state index contributed by atoms with van der Waals surface area (Å²) in [7, 11) is 0. The number of nitrogens with one attached hydrogen (secondary N) is 1. The SMILES string of the molecule is CCNC(=O)CCc1ccc2c(c1)OCCO2. The highest BCUT2D eigenvalue weighted by Crippen LogP contribution is 2.30. The van der Waals surface area contributed by atoms with E-state index in [1.807, 2.05) is 25.1 Å². The van der Waals surface area contributed by atoms with E-state index in [0.717, 1.165) is 23.5 Å². The van der Waals surface area contributed by atoms with Crippen molar-refractivity contribution in [2.45, 2.75) is 19.8 Å². The molecule has 1 aliphatic heterocycles. The Morgan fingerprint density at radius 1 is 1.29 bits per heavy atom. The first-order valence-electron chi connectivity index (χ1n) is 5.95. The van der Waals surface area contributed by atoms with E-state index < -0.39 is 0 Å². The van der Waals surface area contributed by atoms with Crippen LogP contribution in [0.1, 0.15) is 18.9 Å². The Hall–Kier alpha value is -1.71. The molecule has 0 bridgehead atoms. The van der Waals surface area contributed by atoms with Crippen LogP contribution in [0.2, 0.25) is 0 Å². The van der Waals surface area contributed by atoms with Gasteiger partial charge < -0.3 is 14.8 Å². The molecule has 0 atom stereocenters. The minimum absolute atomic E-state index is 0.0855. The summed E-state index contributed by atoms with van der Waals surface area (Å²) in [5.74, 6) is 1.66. The van der Waals surface area contributed by atoms with Crippen molar-refractivity contribution in [3.63, 3.8) is 0 Å². The second-order valence-electron chi connectivity index (χ2n) is 3.93. The lowest BCUT2D eigenvalue weighted by Gasteiger charge is -2.18.